The molecule has 20 heavy (non-hydrogen) atoms. The first-order chi connectivity index (χ1) is 9.60. The number of rotatable bonds is 5. The molecule has 0 aromatic heterocycles. The van der Waals surface area contributed by atoms with Gasteiger partial charge in [0.15, 0.2) is 0 Å². The van der Waals surface area contributed by atoms with Gasteiger partial charge in [0.25, 0.3) is 0 Å². The Bertz CT molecular complexity index is 305. The molecule has 0 bridgehead atoms. The van der Waals surface area contributed by atoms with Crippen molar-refractivity contribution in [3.05, 3.63) is 0 Å². The quantitative estimate of drug-likeness (QED) is 0.831. The van der Waals surface area contributed by atoms with Crippen molar-refractivity contribution >= 4 is 5.91 Å². The second kappa shape index (κ2) is 7.41. The maximum atomic E-state index is 12.6. The van der Waals surface area contributed by atoms with Crippen LogP contribution in [0.5, 0.6) is 0 Å². The van der Waals surface area contributed by atoms with Gasteiger partial charge in [0.05, 0.1) is 6.54 Å². The topological polar surface area (TPSA) is 35.6 Å². The van der Waals surface area contributed by atoms with Crippen LogP contribution in [-0.2, 0) is 4.79 Å². The summed E-state index contributed by atoms with van der Waals surface area (Å²) in [5.41, 5.74) is 0. The molecule has 1 N–H and O–H groups in total. The highest BCUT2D eigenvalue weighted by molar-refractivity contribution is 5.78. The fraction of sp³-hybridized carbons (Fsp3) is 0.938. The summed E-state index contributed by atoms with van der Waals surface area (Å²) >= 11 is 0. The standard InChI is InChI=1S/C16H31N3O/c1-4-7-18(15-5-6-17-9-15)12-16(20)19-10-13(2)8-14(3)11-19/h13-15,17H,4-12H2,1-3H3. The first-order valence-electron chi connectivity index (χ1n) is 8.32. The lowest BCUT2D eigenvalue weighted by Crippen LogP contribution is -2.49. The summed E-state index contributed by atoms with van der Waals surface area (Å²) < 4.78 is 0. The number of amides is 1. The van der Waals surface area contributed by atoms with E-state index in [0.29, 0.717) is 30.3 Å². The molecule has 4 nitrogen and oxygen atoms in total. The minimum absolute atomic E-state index is 0.337. The molecule has 0 radical (unpaired) electrons. The van der Waals surface area contributed by atoms with Gasteiger partial charge in [0.1, 0.15) is 0 Å². The Balaban J connectivity index is 1.89. The van der Waals surface area contributed by atoms with Crippen LogP contribution >= 0.6 is 0 Å². The van der Waals surface area contributed by atoms with Crippen molar-refractivity contribution in [3.63, 3.8) is 0 Å². The average Bonchev–Trinajstić information content (AvgIpc) is 2.90. The van der Waals surface area contributed by atoms with Crippen LogP contribution in [0.4, 0.5) is 0 Å². The van der Waals surface area contributed by atoms with Crippen molar-refractivity contribution in [2.24, 2.45) is 11.8 Å². The molecule has 1 amide bonds. The molecule has 3 atom stereocenters. The van der Waals surface area contributed by atoms with Crippen molar-refractivity contribution in [1.82, 2.24) is 15.1 Å². The van der Waals surface area contributed by atoms with Gasteiger partial charge in [-0.25, -0.2) is 0 Å². The van der Waals surface area contributed by atoms with Gasteiger partial charge >= 0.3 is 0 Å². The largest absolute Gasteiger partial charge is 0.341 e. The van der Waals surface area contributed by atoms with Crippen LogP contribution in [0.2, 0.25) is 0 Å². The summed E-state index contributed by atoms with van der Waals surface area (Å²) in [6.45, 7) is 12.4. The molecule has 4 heteroatoms. The first-order valence-corrected chi connectivity index (χ1v) is 8.32. The predicted molar refractivity (Wildman–Crippen MR) is 82.7 cm³/mol. The molecule has 2 saturated heterocycles. The average molecular weight is 281 g/mol. The normalized spacial score (nSPS) is 31.0. The molecule has 2 heterocycles. The van der Waals surface area contributed by atoms with Crippen LogP contribution in [0.15, 0.2) is 0 Å². The number of piperidine rings is 1. The van der Waals surface area contributed by atoms with Crippen molar-refractivity contribution in [2.75, 3.05) is 39.3 Å². The summed E-state index contributed by atoms with van der Waals surface area (Å²) in [5.74, 6) is 1.63. The molecule has 3 unspecified atom stereocenters. The number of likely N-dealkylation sites (tertiary alicyclic amines) is 1. The first kappa shape index (κ1) is 15.8. The van der Waals surface area contributed by atoms with Crippen molar-refractivity contribution < 1.29 is 4.79 Å². The molecule has 0 spiro atoms. The van der Waals surface area contributed by atoms with E-state index in [9.17, 15) is 4.79 Å². The monoisotopic (exact) mass is 281 g/mol. The summed E-state index contributed by atoms with van der Waals surface area (Å²) in [5, 5.41) is 3.41. The number of nitrogens with one attached hydrogen (secondary N) is 1. The molecule has 0 aliphatic carbocycles. The molecule has 0 saturated carbocycles. The van der Waals surface area contributed by atoms with Gasteiger partial charge in [-0.2, -0.15) is 0 Å². The molecule has 0 aromatic carbocycles. The third-order valence-electron chi connectivity index (χ3n) is 4.62. The highest BCUT2D eigenvalue weighted by Gasteiger charge is 2.29. The summed E-state index contributed by atoms with van der Waals surface area (Å²) in [4.78, 5) is 17.1. The lowest BCUT2D eigenvalue weighted by molar-refractivity contribution is -0.135. The zero-order chi connectivity index (χ0) is 14.5. The molecule has 2 fully saturated rings. The van der Waals surface area contributed by atoms with E-state index in [0.717, 1.165) is 39.1 Å². The van der Waals surface area contributed by atoms with Crippen LogP contribution in [0.1, 0.15) is 40.0 Å². The highest BCUT2D eigenvalue weighted by Crippen LogP contribution is 2.21. The third-order valence-corrected chi connectivity index (χ3v) is 4.62. The lowest BCUT2D eigenvalue weighted by atomic mass is 9.92. The summed E-state index contributed by atoms with van der Waals surface area (Å²) in [6.07, 6.45) is 3.56. The van der Waals surface area contributed by atoms with E-state index in [-0.39, 0.29) is 0 Å². The lowest BCUT2D eigenvalue weighted by Gasteiger charge is -2.37. The van der Waals surface area contributed by atoms with E-state index in [1.165, 1.54) is 12.8 Å². The maximum Gasteiger partial charge on any atom is 0.236 e. The number of carbonyl (C=O) groups excluding carboxylic acids is 1. The Morgan fingerprint density at radius 1 is 1.30 bits per heavy atom. The third kappa shape index (κ3) is 4.19. The molecular weight excluding hydrogens is 250 g/mol. The van der Waals surface area contributed by atoms with Gasteiger partial charge in [0, 0.05) is 25.7 Å². The Hall–Kier alpha value is -0.610. The van der Waals surface area contributed by atoms with Gasteiger partial charge < -0.3 is 10.2 Å². The van der Waals surface area contributed by atoms with Gasteiger partial charge in [-0.3, -0.25) is 9.69 Å². The molecule has 0 aromatic rings. The fourth-order valence-corrected chi connectivity index (χ4v) is 3.77. The van der Waals surface area contributed by atoms with Crippen LogP contribution in [-0.4, -0.2) is 61.0 Å². The Kier molecular flexibility index (Phi) is 5.85. The van der Waals surface area contributed by atoms with Crippen molar-refractivity contribution in [2.45, 2.75) is 46.1 Å². The molecular formula is C16H31N3O. The van der Waals surface area contributed by atoms with Crippen molar-refractivity contribution in [1.29, 1.82) is 0 Å². The van der Waals surface area contributed by atoms with E-state index < -0.39 is 0 Å². The Morgan fingerprint density at radius 2 is 2.00 bits per heavy atom. The van der Waals surface area contributed by atoms with Crippen molar-refractivity contribution in [3.8, 4) is 0 Å². The maximum absolute atomic E-state index is 12.6. The van der Waals surface area contributed by atoms with Crippen LogP contribution in [0, 0.1) is 11.8 Å². The zero-order valence-electron chi connectivity index (χ0n) is 13.4. The van der Waals surface area contributed by atoms with Gasteiger partial charge in [-0.05, 0) is 44.2 Å². The minimum atomic E-state index is 0.337. The van der Waals surface area contributed by atoms with Crippen LogP contribution < -0.4 is 5.32 Å². The van der Waals surface area contributed by atoms with Gasteiger partial charge in [-0.1, -0.05) is 20.8 Å². The zero-order valence-corrected chi connectivity index (χ0v) is 13.4. The van der Waals surface area contributed by atoms with Crippen LogP contribution in [0.3, 0.4) is 0 Å². The molecule has 116 valence electrons. The number of hydrogen-bond acceptors (Lipinski definition) is 3. The molecule has 2 aliphatic heterocycles. The number of hydrogen-bond donors (Lipinski definition) is 1. The van der Waals surface area contributed by atoms with Gasteiger partial charge in [0.2, 0.25) is 5.91 Å². The number of carbonyl (C=O) groups is 1. The molecule has 2 rings (SSSR count). The Morgan fingerprint density at radius 3 is 2.55 bits per heavy atom. The summed E-state index contributed by atoms with van der Waals surface area (Å²) in [6, 6.07) is 0.554. The second-order valence-electron chi connectivity index (χ2n) is 6.86. The molecule has 2 aliphatic rings. The smallest absolute Gasteiger partial charge is 0.236 e. The van der Waals surface area contributed by atoms with E-state index >= 15 is 0 Å². The van der Waals surface area contributed by atoms with E-state index in [4.69, 9.17) is 0 Å². The highest BCUT2D eigenvalue weighted by atomic mass is 16.2. The van der Waals surface area contributed by atoms with Crippen LogP contribution in [0.25, 0.3) is 0 Å². The van der Waals surface area contributed by atoms with E-state index in [1.807, 2.05) is 0 Å². The minimum Gasteiger partial charge on any atom is -0.341 e. The second-order valence-corrected chi connectivity index (χ2v) is 6.86. The SMILES string of the molecule is CCCN(CC(=O)N1CC(C)CC(C)C1)C1CCNC1. The van der Waals surface area contributed by atoms with Gasteiger partial charge in [-0.15, -0.1) is 0 Å². The number of nitrogens with zero attached hydrogens (tertiary/aromatic N) is 2. The fourth-order valence-electron chi connectivity index (χ4n) is 3.77. The predicted octanol–water partition coefficient (Wildman–Crippen LogP) is 1.56. The van der Waals surface area contributed by atoms with E-state index in [1.54, 1.807) is 0 Å². The van der Waals surface area contributed by atoms with E-state index in [2.05, 4.69) is 35.9 Å². The summed E-state index contributed by atoms with van der Waals surface area (Å²) in [7, 11) is 0. The Labute approximate surface area is 123 Å².